The van der Waals surface area contributed by atoms with Crippen molar-refractivity contribution in [2.45, 2.75) is 0 Å². The molecule has 0 aliphatic rings. The summed E-state index contributed by atoms with van der Waals surface area (Å²) in [5.41, 5.74) is 5.05. The van der Waals surface area contributed by atoms with E-state index in [-0.39, 0.29) is 22.6 Å². The quantitative estimate of drug-likeness (QED) is 0.635. The molecule has 0 unspecified atom stereocenters. The lowest BCUT2D eigenvalue weighted by molar-refractivity contribution is 0.0696. The summed E-state index contributed by atoms with van der Waals surface area (Å²) in [6, 6.07) is 10.2. The second-order valence-corrected chi connectivity index (χ2v) is 5.46. The molecule has 0 radical (unpaired) electrons. The zero-order chi connectivity index (χ0) is 19.6. The van der Waals surface area contributed by atoms with Crippen molar-refractivity contribution in [1.29, 1.82) is 0 Å². The van der Waals surface area contributed by atoms with Crippen LogP contribution in [0.5, 0.6) is 0 Å². The lowest BCUT2D eigenvalue weighted by Gasteiger charge is -2.11. The molecule has 0 aliphatic heterocycles. The molecule has 0 saturated heterocycles. The smallest absolute Gasteiger partial charge is 0.335 e. The number of halogens is 2. The Balaban J connectivity index is 2.05. The molecular formula is C18H12F2N4O3. The van der Waals surface area contributed by atoms with E-state index in [9.17, 15) is 18.4 Å². The number of nitrogens with two attached hydrogens (primary N) is 1. The van der Waals surface area contributed by atoms with Crippen LogP contribution in [0.2, 0.25) is 0 Å². The third-order valence-electron chi connectivity index (χ3n) is 3.66. The van der Waals surface area contributed by atoms with Crippen LogP contribution in [-0.2, 0) is 0 Å². The van der Waals surface area contributed by atoms with Crippen molar-refractivity contribution in [3.8, 4) is 11.3 Å². The molecule has 136 valence electrons. The highest BCUT2D eigenvalue weighted by atomic mass is 19.1. The van der Waals surface area contributed by atoms with Gasteiger partial charge in [-0.1, -0.05) is 6.07 Å². The number of aromatic nitrogens is 2. The Morgan fingerprint density at radius 2 is 1.63 bits per heavy atom. The molecule has 0 aliphatic carbocycles. The van der Waals surface area contributed by atoms with Gasteiger partial charge >= 0.3 is 5.97 Å². The minimum Gasteiger partial charge on any atom is -0.478 e. The van der Waals surface area contributed by atoms with E-state index in [1.165, 1.54) is 36.4 Å². The Morgan fingerprint density at radius 3 is 2.19 bits per heavy atom. The van der Waals surface area contributed by atoms with E-state index in [4.69, 9.17) is 10.8 Å². The van der Waals surface area contributed by atoms with Gasteiger partial charge in [0.15, 0.2) is 5.69 Å². The van der Waals surface area contributed by atoms with Gasteiger partial charge in [-0.2, -0.15) is 0 Å². The Labute approximate surface area is 151 Å². The minimum absolute atomic E-state index is 0.0673. The fourth-order valence-corrected chi connectivity index (χ4v) is 2.39. The number of carboxylic acid groups (broad SMARTS) is 1. The van der Waals surface area contributed by atoms with Crippen molar-refractivity contribution < 1.29 is 23.5 Å². The lowest BCUT2D eigenvalue weighted by Crippen LogP contribution is -2.16. The van der Waals surface area contributed by atoms with E-state index in [0.717, 1.165) is 12.1 Å². The van der Waals surface area contributed by atoms with E-state index >= 15 is 0 Å². The number of hydrogen-bond acceptors (Lipinski definition) is 5. The molecule has 4 N–H and O–H groups in total. The maximum atomic E-state index is 14.0. The van der Waals surface area contributed by atoms with E-state index < -0.39 is 29.1 Å². The minimum atomic E-state index is -1.10. The third kappa shape index (κ3) is 3.71. The van der Waals surface area contributed by atoms with E-state index in [1.807, 2.05) is 0 Å². The van der Waals surface area contributed by atoms with Crippen molar-refractivity contribution in [1.82, 2.24) is 10.2 Å². The average molecular weight is 370 g/mol. The zero-order valence-corrected chi connectivity index (χ0v) is 13.6. The number of carbonyl (C=O) groups excluding carboxylic acids is 1. The lowest BCUT2D eigenvalue weighted by atomic mass is 10.1. The first-order valence-corrected chi connectivity index (χ1v) is 7.59. The van der Waals surface area contributed by atoms with Crippen molar-refractivity contribution in [2.75, 3.05) is 5.32 Å². The average Bonchev–Trinajstić information content (AvgIpc) is 2.62. The summed E-state index contributed by atoms with van der Waals surface area (Å²) in [6.45, 7) is 0. The molecule has 1 aromatic heterocycles. The molecular weight excluding hydrogens is 358 g/mol. The molecule has 27 heavy (non-hydrogen) atoms. The summed E-state index contributed by atoms with van der Waals surface area (Å²) in [4.78, 5) is 22.5. The van der Waals surface area contributed by atoms with Gasteiger partial charge in [-0.15, -0.1) is 10.2 Å². The van der Waals surface area contributed by atoms with E-state index in [2.05, 4.69) is 15.5 Å². The summed E-state index contributed by atoms with van der Waals surface area (Å²) < 4.78 is 28.0. The zero-order valence-electron chi connectivity index (χ0n) is 13.6. The highest BCUT2D eigenvalue weighted by Gasteiger charge is 2.18. The molecule has 7 nitrogen and oxygen atoms in total. The van der Waals surface area contributed by atoms with Crippen LogP contribution in [0.1, 0.15) is 20.8 Å². The normalized spacial score (nSPS) is 10.4. The molecule has 0 bridgehead atoms. The molecule has 9 heteroatoms. The van der Waals surface area contributed by atoms with Gasteiger partial charge < -0.3 is 16.2 Å². The maximum Gasteiger partial charge on any atom is 0.335 e. The number of primary amides is 1. The SMILES string of the molecule is NC(=O)c1nnc(-c2c(F)cccc2F)cc1Nc1ccc(C(=O)O)cc1. The van der Waals surface area contributed by atoms with Gasteiger partial charge in [0.2, 0.25) is 0 Å². The monoisotopic (exact) mass is 370 g/mol. The van der Waals surface area contributed by atoms with Gasteiger partial charge in [0.25, 0.3) is 5.91 Å². The highest BCUT2D eigenvalue weighted by molar-refractivity contribution is 5.97. The van der Waals surface area contributed by atoms with Crippen LogP contribution in [0, 0.1) is 11.6 Å². The number of hydrogen-bond donors (Lipinski definition) is 3. The summed E-state index contributed by atoms with van der Waals surface area (Å²) in [6.07, 6.45) is 0. The Hall–Kier alpha value is -3.88. The van der Waals surface area contributed by atoms with Crippen LogP contribution in [0.3, 0.4) is 0 Å². The number of carboxylic acids is 1. The molecule has 0 fully saturated rings. The molecule has 0 saturated carbocycles. The number of amides is 1. The Kier molecular flexibility index (Phi) is 4.75. The van der Waals surface area contributed by atoms with Gasteiger partial charge in [0, 0.05) is 5.69 Å². The molecule has 3 rings (SSSR count). The summed E-state index contributed by atoms with van der Waals surface area (Å²) >= 11 is 0. The van der Waals surface area contributed by atoms with E-state index in [1.54, 1.807) is 0 Å². The molecule has 0 atom stereocenters. The second-order valence-electron chi connectivity index (χ2n) is 5.46. The van der Waals surface area contributed by atoms with Crippen LogP contribution in [0.25, 0.3) is 11.3 Å². The fourth-order valence-electron chi connectivity index (χ4n) is 2.39. The van der Waals surface area contributed by atoms with Gasteiger partial charge in [-0.05, 0) is 42.5 Å². The predicted octanol–water partition coefficient (Wildman–Crippen LogP) is 2.96. The second kappa shape index (κ2) is 7.16. The summed E-state index contributed by atoms with van der Waals surface area (Å²) in [5, 5.41) is 19.1. The first-order valence-electron chi connectivity index (χ1n) is 7.59. The molecule has 0 spiro atoms. The molecule has 1 heterocycles. The van der Waals surface area contributed by atoms with Crippen molar-refractivity contribution in [2.24, 2.45) is 5.73 Å². The summed E-state index contributed by atoms with van der Waals surface area (Å²) in [5.74, 6) is -3.67. The number of aromatic carboxylic acids is 1. The molecule has 2 aromatic carbocycles. The largest absolute Gasteiger partial charge is 0.478 e. The number of anilines is 2. The molecule has 3 aromatic rings. The predicted molar refractivity (Wildman–Crippen MR) is 92.6 cm³/mol. The Bertz CT molecular complexity index is 1020. The molecule has 1 amide bonds. The van der Waals surface area contributed by atoms with Gasteiger partial charge in [0.1, 0.15) is 17.3 Å². The first-order chi connectivity index (χ1) is 12.9. The van der Waals surface area contributed by atoms with Gasteiger partial charge in [-0.25, -0.2) is 13.6 Å². The number of carbonyl (C=O) groups is 2. The van der Waals surface area contributed by atoms with Crippen molar-refractivity contribution in [3.05, 3.63) is 71.4 Å². The van der Waals surface area contributed by atoms with E-state index in [0.29, 0.717) is 5.69 Å². The van der Waals surface area contributed by atoms with Crippen LogP contribution in [0.4, 0.5) is 20.2 Å². The van der Waals surface area contributed by atoms with Gasteiger partial charge in [-0.3, -0.25) is 4.79 Å². The maximum absolute atomic E-state index is 14.0. The Morgan fingerprint density at radius 1 is 1.00 bits per heavy atom. The summed E-state index contributed by atoms with van der Waals surface area (Å²) in [7, 11) is 0. The van der Waals surface area contributed by atoms with Crippen LogP contribution < -0.4 is 11.1 Å². The van der Waals surface area contributed by atoms with Crippen LogP contribution >= 0.6 is 0 Å². The number of rotatable bonds is 5. The van der Waals surface area contributed by atoms with Crippen molar-refractivity contribution >= 4 is 23.3 Å². The number of nitrogens with one attached hydrogen (secondary N) is 1. The van der Waals surface area contributed by atoms with Crippen molar-refractivity contribution in [3.63, 3.8) is 0 Å². The number of benzene rings is 2. The number of nitrogens with zero attached hydrogens (tertiary/aromatic N) is 2. The van der Waals surface area contributed by atoms with Crippen LogP contribution in [-0.4, -0.2) is 27.2 Å². The topological polar surface area (TPSA) is 118 Å². The highest BCUT2D eigenvalue weighted by Crippen LogP contribution is 2.28. The third-order valence-corrected chi connectivity index (χ3v) is 3.66. The standard InChI is InChI=1S/C18H12F2N4O3/c19-11-2-1-3-12(20)15(11)13-8-14(16(17(21)25)24-23-13)22-10-6-4-9(5-7-10)18(26)27/h1-8H,(H2,21,25)(H,22,23)(H,26,27). The van der Waals surface area contributed by atoms with Crippen LogP contribution in [0.15, 0.2) is 48.5 Å². The fraction of sp³-hybridized carbons (Fsp3) is 0. The first kappa shape index (κ1) is 17.9. The van der Waals surface area contributed by atoms with Gasteiger partial charge in [0.05, 0.1) is 16.8 Å².